The number of hydrogen-bond donors (Lipinski definition) is 3. The van der Waals surface area contributed by atoms with Gasteiger partial charge in [0.25, 0.3) is 5.92 Å². The third kappa shape index (κ3) is 6.60. The molecule has 0 atom stereocenters. The predicted molar refractivity (Wildman–Crippen MR) is 125 cm³/mol. The Hall–Kier alpha value is -3.29. The molecule has 3 heterocycles. The Balaban J connectivity index is 1.44. The van der Waals surface area contributed by atoms with Crippen LogP contribution >= 0.6 is 0 Å². The van der Waals surface area contributed by atoms with Gasteiger partial charge in [0.15, 0.2) is 0 Å². The maximum Gasteiger partial charge on any atom is 0.291 e. The van der Waals surface area contributed by atoms with Crippen LogP contribution in [-0.2, 0) is 18.8 Å². The molecule has 0 saturated heterocycles. The van der Waals surface area contributed by atoms with Gasteiger partial charge in [0.2, 0.25) is 0 Å². The number of nitrogens with zero attached hydrogens (tertiary/aromatic N) is 3. The van der Waals surface area contributed by atoms with Crippen LogP contribution in [-0.4, -0.2) is 35.1 Å². The first-order valence-electron chi connectivity index (χ1n) is 10.9. The van der Waals surface area contributed by atoms with E-state index >= 15 is 0 Å². The summed E-state index contributed by atoms with van der Waals surface area (Å²) in [6.07, 6.45) is 3.72. The minimum Gasteiger partial charge on any atom is -0.373 e. The molecule has 32 heavy (non-hydrogen) atoms. The normalized spacial score (nSPS) is 11.2. The predicted octanol–water partition coefficient (Wildman–Crippen LogP) is 5.11. The summed E-state index contributed by atoms with van der Waals surface area (Å²) < 4.78 is 28.5. The van der Waals surface area contributed by atoms with E-state index < -0.39 is 5.92 Å². The highest BCUT2D eigenvalue weighted by atomic mass is 19.3. The highest BCUT2D eigenvalue weighted by Crippen LogP contribution is 2.29. The molecule has 0 bridgehead atoms. The Morgan fingerprint density at radius 1 is 0.906 bits per heavy atom. The Morgan fingerprint density at radius 3 is 2.38 bits per heavy atom. The first-order chi connectivity index (χ1) is 15.5. The second kappa shape index (κ2) is 11.4. The molecule has 0 aliphatic rings. The quantitative estimate of drug-likeness (QED) is 0.340. The maximum atomic E-state index is 14.2. The summed E-state index contributed by atoms with van der Waals surface area (Å²) in [5, 5.41) is 9.41. The zero-order valence-corrected chi connectivity index (χ0v) is 18.5. The van der Waals surface area contributed by atoms with Crippen molar-refractivity contribution in [2.24, 2.45) is 0 Å². The highest BCUT2D eigenvalue weighted by molar-refractivity contribution is 5.45. The van der Waals surface area contributed by atoms with Gasteiger partial charge >= 0.3 is 0 Å². The third-order valence-corrected chi connectivity index (χ3v) is 5.10. The Kier molecular flexibility index (Phi) is 8.30. The monoisotopic (exact) mass is 440 g/mol. The lowest BCUT2D eigenvalue weighted by Crippen LogP contribution is -2.20. The summed E-state index contributed by atoms with van der Waals surface area (Å²) in [5.41, 5.74) is 2.04. The molecule has 0 radical (unpaired) electrons. The molecule has 0 spiro atoms. The third-order valence-electron chi connectivity index (χ3n) is 5.10. The summed E-state index contributed by atoms with van der Waals surface area (Å²) in [7, 11) is 1.89. The van der Waals surface area contributed by atoms with E-state index in [1.165, 1.54) is 17.8 Å². The SMILES string of the molecule is CCc1ccc(CCCNc2cccc(NCCC(F)(F)c3ccccn3)n2)nc1NC. The molecule has 8 heteroatoms. The van der Waals surface area contributed by atoms with Crippen molar-refractivity contribution in [3.05, 3.63) is 71.7 Å². The van der Waals surface area contributed by atoms with Crippen molar-refractivity contribution in [2.45, 2.75) is 38.5 Å². The van der Waals surface area contributed by atoms with Crippen molar-refractivity contribution in [3.8, 4) is 0 Å². The molecule has 6 nitrogen and oxygen atoms in total. The molecule has 3 aromatic heterocycles. The van der Waals surface area contributed by atoms with E-state index in [2.05, 4.69) is 50.0 Å². The fourth-order valence-corrected chi connectivity index (χ4v) is 3.34. The van der Waals surface area contributed by atoms with Crippen LogP contribution in [0.2, 0.25) is 0 Å². The standard InChI is InChI=1S/C24H30F2N6/c1-3-18-12-13-19(31-23(18)27-2)8-7-16-29-21-10-6-11-22(32-21)30-17-14-24(25,26)20-9-4-5-15-28-20/h4-6,9-13,15H,3,7-8,14,16-17H2,1-2H3,(H,27,31)(H2,29,30,32). The number of rotatable bonds is 12. The van der Waals surface area contributed by atoms with Crippen LogP contribution in [0.1, 0.15) is 36.7 Å². The van der Waals surface area contributed by atoms with Gasteiger partial charge in [-0.2, -0.15) is 8.78 Å². The smallest absolute Gasteiger partial charge is 0.291 e. The molecular weight excluding hydrogens is 410 g/mol. The van der Waals surface area contributed by atoms with E-state index in [-0.39, 0.29) is 18.7 Å². The Labute approximate surface area is 187 Å². The number of hydrogen-bond acceptors (Lipinski definition) is 6. The van der Waals surface area contributed by atoms with E-state index in [0.29, 0.717) is 11.6 Å². The minimum atomic E-state index is -2.99. The topological polar surface area (TPSA) is 74.8 Å². The van der Waals surface area contributed by atoms with Gasteiger partial charge in [-0.15, -0.1) is 0 Å². The van der Waals surface area contributed by atoms with Crippen molar-refractivity contribution in [1.29, 1.82) is 0 Å². The van der Waals surface area contributed by atoms with Crippen LogP contribution in [0.4, 0.5) is 26.2 Å². The fourth-order valence-electron chi connectivity index (χ4n) is 3.34. The van der Waals surface area contributed by atoms with E-state index in [9.17, 15) is 8.78 Å². The van der Waals surface area contributed by atoms with Crippen molar-refractivity contribution in [1.82, 2.24) is 15.0 Å². The van der Waals surface area contributed by atoms with Crippen molar-refractivity contribution < 1.29 is 8.78 Å². The molecule has 0 amide bonds. The summed E-state index contributed by atoms with van der Waals surface area (Å²) in [6, 6.07) is 14.2. The average molecular weight is 441 g/mol. The molecule has 0 aromatic carbocycles. The minimum absolute atomic E-state index is 0.0905. The molecular formula is C24H30F2N6. The number of nitrogens with one attached hydrogen (secondary N) is 3. The molecule has 3 aromatic rings. The molecule has 170 valence electrons. The molecule has 0 fully saturated rings. The molecule has 3 rings (SSSR count). The van der Waals surface area contributed by atoms with Gasteiger partial charge in [-0.05, 0) is 55.2 Å². The summed E-state index contributed by atoms with van der Waals surface area (Å²) >= 11 is 0. The summed E-state index contributed by atoms with van der Waals surface area (Å²) in [4.78, 5) is 12.9. The van der Waals surface area contributed by atoms with Gasteiger partial charge in [0, 0.05) is 38.4 Å². The van der Waals surface area contributed by atoms with Gasteiger partial charge < -0.3 is 16.0 Å². The van der Waals surface area contributed by atoms with Gasteiger partial charge in [0.1, 0.15) is 23.1 Å². The zero-order chi connectivity index (χ0) is 22.8. The zero-order valence-electron chi connectivity index (χ0n) is 18.5. The van der Waals surface area contributed by atoms with Crippen LogP contribution in [0, 0.1) is 0 Å². The lowest BCUT2D eigenvalue weighted by molar-refractivity contribution is -0.0141. The van der Waals surface area contributed by atoms with Gasteiger partial charge in [0.05, 0.1) is 0 Å². The number of anilines is 3. The molecule has 0 aliphatic carbocycles. The fraction of sp³-hybridized carbons (Fsp3) is 0.375. The van der Waals surface area contributed by atoms with Crippen LogP contribution in [0.25, 0.3) is 0 Å². The highest BCUT2D eigenvalue weighted by Gasteiger charge is 2.32. The Bertz CT molecular complexity index is 981. The summed E-state index contributed by atoms with van der Waals surface area (Å²) in [6.45, 7) is 2.94. The molecule has 0 unspecified atom stereocenters. The van der Waals surface area contributed by atoms with E-state index in [1.807, 2.05) is 19.2 Å². The molecule has 3 N–H and O–H groups in total. The van der Waals surface area contributed by atoms with Crippen molar-refractivity contribution in [2.75, 3.05) is 36.1 Å². The van der Waals surface area contributed by atoms with E-state index in [0.717, 1.165) is 37.3 Å². The van der Waals surface area contributed by atoms with E-state index in [4.69, 9.17) is 0 Å². The van der Waals surface area contributed by atoms with Crippen LogP contribution in [0.3, 0.4) is 0 Å². The molecule has 0 saturated carbocycles. The lowest BCUT2D eigenvalue weighted by atomic mass is 10.1. The van der Waals surface area contributed by atoms with E-state index in [1.54, 1.807) is 18.2 Å². The van der Waals surface area contributed by atoms with Crippen LogP contribution < -0.4 is 16.0 Å². The van der Waals surface area contributed by atoms with Crippen LogP contribution in [0.15, 0.2) is 54.7 Å². The second-order valence-electron chi connectivity index (χ2n) is 7.45. The number of alkyl halides is 2. The second-order valence-corrected chi connectivity index (χ2v) is 7.45. The van der Waals surface area contributed by atoms with Gasteiger partial charge in [-0.3, -0.25) is 4.98 Å². The summed E-state index contributed by atoms with van der Waals surface area (Å²) in [5.74, 6) is -0.785. The number of halogens is 2. The largest absolute Gasteiger partial charge is 0.373 e. The first-order valence-corrected chi connectivity index (χ1v) is 10.9. The van der Waals surface area contributed by atoms with Crippen molar-refractivity contribution in [3.63, 3.8) is 0 Å². The maximum absolute atomic E-state index is 14.2. The van der Waals surface area contributed by atoms with Crippen LogP contribution in [0.5, 0.6) is 0 Å². The molecule has 0 aliphatic heterocycles. The van der Waals surface area contributed by atoms with Gasteiger partial charge in [-0.25, -0.2) is 9.97 Å². The lowest BCUT2D eigenvalue weighted by Gasteiger charge is -2.16. The number of aromatic nitrogens is 3. The number of pyridine rings is 3. The average Bonchev–Trinajstić information content (AvgIpc) is 2.82. The van der Waals surface area contributed by atoms with Crippen molar-refractivity contribution >= 4 is 17.5 Å². The number of aryl methyl sites for hydroxylation is 2. The van der Waals surface area contributed by atoms with Gasteiger partial charge in [-0.1, -0.05) is 25.1 Å². The first kappa shape index (κ1) is 23.4. The Morgan fingerprint density at radius 2 is 1.69 bits per heavy atom.